The summed E-state index contributed by atoms with van der Waals surface area (Å²) in [4.78, 5) is 7.79. The standard InChI is InChI=1S/C10H14N2/c1-2-3-9-8-4-6-11-10(8)5-7-12-9/h4,6,11H,2-3,5,7H2,1H3. The van der Waals surface area contributed by atoms with Gasteiger partial charge in [-0.3, -0.25) is 4.99 Å². The molecule has 1 aliphatic heterocycles. The van der Waals surface area contributed by atoms with E-state index >= 15 is 0 Å². The molecule has 0 bridgehead atoms. The van der Waals surface area contributed by atoms with Crippen molar-refractivity contribution in [2.75, 3.05) is 6.54 Å². The van der Waals surface area contributed by atoms with Crippen molar-refractivity contribution in [3.8, 4) is 0 Å². The summed E-state index contributed by atoms with van der Waals surface area (Å²) < 4.78 is 0. The SMILES string of the molecule is CCCC1=NCCc2[nH]ccc21. The Morgan fingerprint density at radius 3 is 3.33 bits per heavy atom. The fourth-order valence-electron chi connectivity index (χ4n) is 1.72. The van der Waals surface area contributed by atoms with Gasteiger partial charge in [0.15, 0.2) is 0 Å². The third-order valence-electron chi connectivity index (χ3n) is 2.29. The van der Waals surface area contributed by atoms with Crippen molar-refractivity contribution in [2.24, 2.45) is 4.99 Å². The number of nitrogens with zero attached hydrogens (tertiary/aromatic N) is 1. The van der Waals surface area contributed by atoms with E-state index in [9.17, 15) is 0 Å². The molecule has 2 rings (SSSR count). The minimum absolute atomic E-state index is 0.961. The Kier molecular flexibility index (Phi) is 1.98. The summed E-state index contributed by atoms with van der Waals surface area (Å²) in [7, 11) is 0. The first-order valence-electron chi connectivity index (χ1n) is 4.61. The lowest BCUT2D eigenvalue weighted by atomic mass is 10.0. The van der Waals surface area contributed by atoms with E-state index in [0.717, 1.165) is 19.4 Å². The van der Waals surface area contributed by atoms with Crippen LogP contribution in [0.25, 0.3) is 0 Å². The van der Waals surface area contributed by atoms with Crippen LogP contribution in [0.2, 0.25) is 0 Å². The maximum absolute atomic E-state index is 4.53. The molecular formula is C10H14N2. The van der Waals surface area contributed by atoms with Gasteiger partial charge in [0.25, 0.3) is 0 Å². The molecule has 1 aromatic rings. The zero-order valence-electron chi connectivity index (χ0n) is 7.43. The number of rotatable bonds is 2. The summed E-state index contributed by atoms with van der Waals surface area (Å²) >= 11 is 0. The van der Waals surface area contributed by atoms with Gasteiger partial charge in [0.05, 0.1) is 0 Å². The molecule has 2 nitrogen and oxygen atoms in total. The molecular weight excluding hydrogens is 148 g/mol. The van der Waals surface area contributed by atoms with Crippen LogP contribution in [0.4, 0.5) is 0 Å². The van der Waals surface area contributed by atoms with Crippen LogP contribution in [0.3, 0.4) is 0 Å². The quantitative estimate of drug-likeness (QED) is 0.690. The van der Waals surface area contributed by atoms with Gasteiger partial charge in [-0.2, -0.15) is 0 Å². The highest BCUT2D eigenvalue weighted by molar-refractivity contribution is 6.02. The van der Waals surface area contributed by atoms with E-state index in [1.807, 2.05) is 6.20 Å². The van der Waals surface area contributed by atoms with Gasteiger partial charge < -0.3 is 4.98 Å². The molecule has 0 aromatic carbocycles. The Hall–Kier alpha value is -1.05. The van der Waals surface area contributed by atoms with Crippen molar-refractivity contribution >= 4 is 5.71 Å². The predicted octanol–water partition coefficient (Wildman–Crippen LogP) is 2.16. The van der Waals surface area contributed by atoms with E-state index < -0.39 is 0 Å². The molecule has 0 fully saturated rings. The number of H-pyrrole nitrogens is 1. The average molecular weight is 162 g/mol. The molecule has 12 heavy (non-hydrogen) atoms. The van der Waals surface area contributed by atoms with Crippen LogP contribution >= 0.6 is 0 Å². The van der Waals surface area contributed by atoms with Crippen molar-refractivity contribution in [3.63, 3.8) is 0 Å². The third-order valence-corrected chi connectivity index (χ3v) is 2.29. The van der Waals surface area contributed by atoms with Crippen LogP contribution in [-0.4, -0.2) is 17.2 Å². The number of hydrogen-bond acceptors (Lipinski definition) is 1. The van der Waals surface area contributed by atoms with E-state index in [1.54, 1.807) is 0 Å². The van der Waals surface area contributed by atoms with Crippen molar-refractivity contribution in [1.82, 2.24) is 4.98 Å². The molecule has 1 N–H and O–H groups in total. The van der Waals surface area contributed by atoms with Gasteiger partial charge in [-0.05, 0) is 12.5 Å². The van der Waals surface area contributed by atoms with Crippen LogP contribution in [0, 0.1) is 0 Å². The molecule has 64 valence electrons. The summed E-state index contributed by atoms with van der Waals surface area (Å²) in [6.07, 6.45) is 5.39. The highest BCUT2D eigenvalue weighted by atomic mass is 14.8. The number of hydrogen-bond donors (Lipinski definition) is 1. The molecule has 0 saturated heterocycles. The Bertz CT molecular complexity index is 297. The number of aliphatic imine (C=N–C) groups is 1. The first kappa shape index (κ1) is 7.59. The first-order chi connectivity index (χ1) is 5.92. The van der Waals surface area contributed by atoms with Gasteiger partial charge in [-0.25, -0.2) is 0 Å². The fourth-order valence-corrected chi connectivity index (χ4v) is 1.72. The molecule has 1 aliphatic rings. The van der Waals surface area contributed by atoms with E-state index in [0.29, 0.717) is 0 Å². The molecule has 0 spiro atoms. The average Bonchev–Trinajstić information content (AvgIpc) is 2.53. The minimum atomic E-state index is 0.961. The van der Waals surface area contributed by atoms with Crippen LogP contribution < -0.4 is 0 Å². The summed E-state index contributed by atoms with van der Waals surface area (Å²) in [5, 5.41) is 0. The van der Waals surface area contributed by atoms with Gasteiger partial charge in [0.1, 0.15) is 0 Å². The molecule has 0 atom stereocenters. The number of nitrogens with one attached hydrogen (secondary N) is 1. The largest absolute Gasteiger partial charge is 0.364 e. The number of fused-ring (bicyclic) bond motifs is 1. The highest BCUT2D eigenvalue weighted by Gasteiger charge is 2.13. The summed E-state index contributed by atoms with van der Waals surface area (Å²) in [5.74, 6) is 0. The lowest BCUT2D eigenvalue weighted by Gasteiger charge is -2.11. The van der Waals surface area contributed by atoms with Crippen LogP contribution in [-0.2, 0) is 6.42 Å². The minimum Gasteiger partial charge on any atom is -0.364 e. The summed E-state index contributed by atoms with van der Waals surface area (Å²) in [5.41, 5.74) is 4.01. The first-order valence-corrected chi connectivity index (χ1v) is 4.61. The second kappa shape index (κ2) is 3.13. The van der Waals surface area contributed by atoms with Crippen LogP contribution in [0.15, 0.2) is 17.3 Å². The number of aromatic amines is 1. The molecule has 0 unspecified atom stereocenters. The topological polar surface area (TPSA) is 28.1 Å². The Morgan fingerprint density at radius 2 is 2.50 bits per heavy atom. The van der Waals surface area contributed by atoms with E-state index in [4.69, 9.17) is 0 Å². The van der Waals surface area contributed by atoms with Gasteiger partial charge in [0.2, 0.25) is 0 Å². The third kappa shape index (κ3) is 1.17. The van der Waals surface area contributed by atoms with Gasteiger partial charge >= 0.3 is 0 Å². The zero-order chi connectivity index (χ0) is 8.39. The second-order valence-electron chi connectivity index (χ2n) is 3.20. The van der Waals surface area contributed by atoms with Gasteiger partial charge in [-0.15, -0.1) is 0 Å². The Morgan fingerprint density at radius 1 is 1.58 bits per heavy atom. The van der Waals surface area contributed by atoms with E-state index in [1.165, 1.54) is 23.4 Å². The Balaban J connectivity index is 2.30. The monoisotopic (exact) mass is 162 g/mol. The second-order valence-corrected chi connectivity index (χ2v) is 3.20. The molecule has 0 amide bonds. The molecule has 2 heteroatoms. The maximum Gasteiger partial charge on any atom is 0.0447 e. The highest BCUT2D eigenvalue weighted by Crippen LogP contribution is 2.16. The molecule has 0 aliphatic carbocycles. The van der Waals surface area contributed by atoms with Crippen molar-refractivity contribution < 1.29 is 0 Å². The van der Waals surface area contributed by atoms with Crippen LogP contribution in [0.1, 0.15) is 31.0 Å². The molecule has 0 saturated carbocycles. The summed E-state index contributed by atoms with van der Waals surface area (Å²) in [6.45, 7) is 3.16. The van der Waals surface area contributed by atoms with Crippen molar-refractivity contribution in [2.45, 2.75) is 26.2 Å². The lowest BCUT2D eigenvalue weighted by molar-refractivity contribution is 0.886. The predicted molar refractivity (Wildman–Crippen MR) is 50.8 cm³/mol. The van der Waals surface area contributed by atoms with E-state index in [2.05, 4.69) is 23.0 Å². The molecule has 0 radical (unpaired) electrons. The maximum atomic E-state index is 4.53. The number of aromatic nitrogens is 1. The van der Waals surface area contributed by atoms with Gasteiger partial charge in [-0.1, -0.05) is 13.3 Å². The molecule has 2 heterocycles. The Labute approximate surface area is 72.7 Å². The van der Waals surface area contributed by atoms with Gasteiger partial charge in [0, 0.05) is 36.1 Å². The normalized spacial score (nSPS) is 15.6. The fraction of sp³-hybridized carbons (Fsp3) is 0.500. The molecule has 1 aromatic heterocycles. The lowest BCUT2D eigenvalue weighted by Crippen LogP contribution is -2.11. The van der Waals surface area contributed by atoms with Crippen molar-refractivity contribution in [3.05, 3.63) is 23.5 Å². The smallest absolute Gasteiger partial charge is 0.0447 e. The van der Waals surface area contributed by atoms with E-state index in [-0.39, 0.29) is 0 Å². The summed E-state index contributed by atoms with van der Waals surface area (Å²) in [6, 6.07) is 2.14. The zero-order valence-corrected chi connectivity index (χ0v) is 7.43. The van der Waals surface area contributed by atoms with Crippen LogP contribution in [0.5, 0.6) is 0 Å². The van der Waals surface area contributed by atoms with Crippen molar-refractivity contribution in [1.29, 1.82) is 0 Å².